The second-order valence-electron chi connectivity index (χ2n) is 3.60. The third-order valence-corrected chi connectivity index (χ3v) is 2.10. The first kappa shape index (κ1) is 13.6. The molecule has 1 atom stereocenters. The highest BCUT2D eigenvalue weighted by atomic mass is 19.4. The Hall–Kier alpha value is -1.43. The quantitative estimate of drug-likeness (QED) is 0.892. The Labute approximate surface area is 97.3 Å². The van der Waals surface area contributed by atoms with Crippen molar-refractivity contribution in [3.63, 3.8) is 0 Å². The molecule has 0 bridgehead atoms. The molecule has 2 N–H and O–H groups in total. The summed E-state index contributed by atoms with van der Waals surface area (Å²) in [5.74, 6) is 0.290. The summed E-state index contributed by atoms with van der Waals surface area (Å²) in [7, 11) is 1.36. The minimum absolute atomic E-state index is 0.0502. The summed E-state index contributed by atoms with van der Waals surface area (Å²) in [6.45, 7) is 0.423. The molecule has 3 nitrogen and oxygen atoms in total. The van der Waals surface area contributed by atoms with E-state index in [1.165, 1.54) is 13.2 Å². The van der Waals surface area contributed by atoms with Crippen LogP contribution in [-0.2, 0) is 0 Å². The highest BCUT2D eigenvalue weighted by Gasteiger charge is 2.29. The predicted octanol–water partition coefficient (Wildman–Crippen LogP) is 2.66. The molecule has 0 heterocycles. The lowest BCUT2D eigenvalue weighted by Gasteiger charge is -2.14. The molecule has 0 aromatic heterocycles. The molecule has 0 radical (unpaired) electrons. The number of hydrogen-bond acceptors (Lipinski definition) is 3. The van der Waals surface area contributed by atoms with Crippen LogP contribution in [0.15, 0.2) is 18.2 Å². The Kier molecular flexibility index (Phi) is 4.22. The average Bonchev–Trinajstić information content (AvgIpc) is 2.24. The molecular formula is C11H14F3NO2. The van der Waals surface area contributed by atoms with Gasteiger partial charge in [0.2, 0.25) is 0 Å². The van der Waals surface area contributed by atoms with Crippen LogP contribution < -0.4 is 15.2 Å². The fourth-order valence-corrected chi connectivity index (χ4v) is 1.25. The van der Waals surface area contributed by atoms with Crippen LogP contribution in [0.3, 0.4) is 0 Å². The van der Waals surface area contributed by atoms with Crippen LogP contribution in [0.25, 0.3) is 0 Å². The molecule has 1 aromatic rings. The normalized spacial score (nSPS) is 13.3. The second kappa shape index (κ2) is 5.27. The number of halogens is 3. The summed E-state index contributed by atoms with van der Waals surface area (Å²) in [5, 5.41) is 0. The molecule has 0 fully saturated rings. The van der Waals surface area contributed by atoms with Crippen LogP contribution in [0.2, 0.25) is 0 Å². The van der Waals surface area contributed by atoms with E-state index in [9.17, 15) is 13.2 Å². The van der Waals surface area contributed by atoms with Crippen molar-refractivity contribution in [1.29, 1.82) is 0 Å². The zero-order valence-electron chi connectivity index (χ0n) is 9.54. The predicted molar refractivity (Wildman–Crippen MR) is 57.1 cm³/mol. The van der Waals surface area contributed by atoms with Gasteiger partial charge in [-0.1, -0.05) is 6.07 Å². The molecule has 96 valence electrons. The number of benzene rings is 1. The van der Waals surface area contributed by atoms with Gasteiger partial charge < -0.3 is 15.2 Å². The fourth-order valence-electron chi connectivity index (χ4n) is 1.25. The largest absolute Gasteiger partial charge is 0.493 e. The van der Waals surface area contributed by atoms with Crippen LogP contribution in [-0.4, -0.2) is 19.9 Å². The van der Waals surface area contributed by atoms with Gasteiger partial charge in [-0.2, -0.15) is 13.2 Å². The minimum atomic E-state index is -4.37. The van der Waals surface area contributed by atoms with Gasteiger partial charge in [-0.05, 0) is 24.6 Å². The van der Waals surface area contributed by atoms with Gasteiger partial charge in [-0.3, -0.25) is 0 Å². The summed E-state index contributed by atoms with van der Waals surface area (Å²) in [6.07, 6.45) is -4.37. The number of rotatable bonds is 4. The zero-order chi connectivity index (χ0) is 13.1. The van der Waals surface area contributed by atoms with E-state index in [0.717, 1.165) is 5.56 Å². The zero-order valence-corrected chi connectivity index (χ0v) is 9.54. The lowest BCUT2D eigenvalue weighted by atomic mass is 10.1. The van der Waals surface area contributed by atoms with Crippen LogP contribution >= 0.6 is 0 Å². The summed E-state index contributed by atoms with van der Waals surface area (Å²) in [5.41, 5.74) is 6.42. The van der Waals surface area contributed by atoms with Gasteiger partial charge in [-0.25, -0.2) is 0 Å². The number of nitrogens with two attached hydrogens (primary N) is 1. The smallest absolute Gasteiger partial charge is 0.422 e. The lowest BCUT2D eigenvalue weighted by Crippen LogP contribution is -2.19. The number of hydrogen-bond donors (Lipinski definition) is 1. The Morgan fingerprint density at radius 2 is 1.94 bits per heavy atom. The van der Waals surface area contributed by atoms with Crippen LogP contribution in [0.4, 0.5) is 13.2 Å². The number of alkyl halides is 3. The fraction of sp³-hybridized carbons (Fsp3) is 0.455. The van der Waals surface area contributed by atoms with Crippen molar-refractivity contribution in [3.8, 4) is 11.5 Å². The third kappa shape index (κ3) is 4.14. The van der Waals surface area contributed by atoms with Crippen LogP contribution in [0.1, 0.15) is 18.5 Å². The van der Waals surface area contributed by atoms with E-state index < -0.39 is 12.8 Å². The summed E-state index contributed by atoms with van der Waals surface area (Å²) >= 11 is 0. The Balaban J connectivity index is 2.86. The molecule has 0 amide bonds. The van der Waals surface area contributed by atoms with Crippen LogP contribution in [0.5, 0.6) is 11.5 Å². The summed E-state index contributed by atoms with van der Waals surface area (Å²) in [4.78, 5) is 0. The van der Waals surface area contributed by atoms with E-state index in [-0.39, 0.29) is 17.5 Å². The van der Waals surface area contributed by atoms with Gasteiger partial charge >= 0.3 is 6.18 Å². The topological polar surface area (TPSA) is 44.5 Å². The van der Waals surface area contributed by atoms with Gasteiger partial charge in [-0.15, -0.1) is 0 Å². The van der Waals surface area contributed by atoms with Gasteiger partial charge in [0, 0.05) is 6.04 Å². The van der Waals surface area contributed by atoms with Gasteiger partial charge in [0.25, 0.3) is 0 Å². The van der Waals surface area contributed by atoms with Crippen molar-refractivity contribution < 1.29 is 22.6 Å². The Morgan fingerprint density at radius 1 is 1.29 bits per heavy atom. The van der Waals surface area contributed by atoms with Crippen molar-refractivity contribution >= 4 is 0 Å². The molecule has 0 saturated heterocycles. The molecule has 6 heteroatoms. The number of ether oxygens (including phenoxy) is 2. The Bertz CT molecular complexity index is 377. The van der Waals surface area contributed by atoms with Crippen molar-refractivity contribution in [3.05, 3.63) is 23.8 Å². The van der Waals surface area contributed by atoms with Crippen molar-refractivity contribution in [2.45, 2.75) is 19.1 Å². The molecule has 0 unspecified atom stereocenters. The molecule has 0 aliphatic rings. The molecule has 17 heavy (non-hydrogen) atoms. The van der Waals surface area contributed by atoms with Crippen molar-refractivity contribution in [2.75, 3.05) is 13.7 Å². The highest BCUT2D eigenvalue weighted by molar-refractivity contribution is 5.43. The van der Waals surface area contributed by atoms with Gasteiger partial charge in [0.15, 0.2) is 18.1 Å². The maximum absolute atomic E-state index is 12.0. The molecule has 1 aromatic carbocycles. The SMILES string of the molecule is COc1cc([C@@H](C)N)ccc1OCC(F)(F)F. The first-order chi connectivity index (χ1) is 7.83. The highest BCUT2D eigenvalue weighted by Crippen LogP contribution is 2.31. The molecule has 1 rings (SSSR count). The first-order valence-electron chi connectivity index (χ1n) is 4.96. The van der Waals surface area contributed by atoms with E-state index in [2.05, 4.69) is 4.74 Å². The van der Waals surface area contributed by atoms with Crippen molar-refractivity contribution in [1.82, 2.24) is 0 Å². The maximum atomic E-state index is 12.0. The molecule has 0 aliphatic heterocycles. The van der Waals surface area contributed by atoms with E-state index in [4.69, 9.17) is 10.5 Å². The monoisotopic (exact) mass is 249 g/mol. The summed E-state index contributed by atoms with van der Waals surface area (Å²) in [6, 6.07) is 4.37. The van der Waals surface area contributed by atoms with Crippen molar-refractivity contribution in [2.24, 2.45) is 5.73 Å². The van der Waals surface area contributed by atoms with E-state index in [1.54, 1.807) is 19.1 Å². The van der Waals surface area contributed by atoms with Gasteiger partial charge in [0.05, 0.1) is 7.11 Å². The third-order valence-electron chi connectivity index (χ3n) is 2.10. The molecule has 0 aliphatic carbocycles. The minimum Gasteiger partial charge on any atom is -0.493 e. The molecule has 0 saturated carbocycles. The summed E-state index contributed by atoms with van der Waals surface area (Å²) < 4.78 is 45.6. The van der Waals surface area contributed by atoms with Gasteiger partial charge in [0.1, 0.15) is 0 Å². The second-order valence-corrected chi connectivity index (χ2v) is 3.60. The maximum Gasteiger partial charge on any atom is 0.422 e. The number of methoxy groups -OCH3 is 1. The lowest BCUT2D eigenvalue weighted by molar-refractivity contribution is -0.153. The standard InChI is InChI=1S/C11H14F3NO2/c1-7(15)8-3-4-9(10(5-8)16-2)17-6-11(12,13)14/h3-5,7H,6,15H2,1-2H3/t7-/m1/s1. The van der Waals surface area contributed by atoms with Crippen LogP contribution in [0, 0.1) is 0 Å². The average molecular weight is 249 g/mol. The molecule has 0 spiro atoms. The van der Waals surface area contributed by atoms with E-state index in [1.807, 2.05) is 0 Å². The van der Waals surface area contributed by atoms with E-state index in [0.29, 0.717) is 0 Å². The first-order valence-corrected chi connectivity index (χ1v) is 4.96. The molecular weight excluding hydrogens is 235 g/mol. The van der Waals surface area contributed by atoms with E-state index >= 15 is 0 Å². The Morgan fingerprint density at radius 3 is 2.41 bits per heavy atom.